The molecule has 246 valence electrons. The van der Waals surface area contributed by atoms with Crippen LogP contribution in [0.25, 0.3) is 0 Å². The number of rotatable bonds is 15. The summed E-state index contributed by atoms with van der Waals surface area (Å²) in [6, 6.07) is 8.30. The van der Waals surface area contributed by atoms with Gasteiger partial charge in [0, 0.05) is 47.8 Å². The number of nitrogens with one attached hydrogen (secondary N) is 1. The highest BCUT2D eigenvalue weighted by Gasteiger charge is 2.42. The van der Waals surface area contributed by atoms with Crippen LogP contribution in [0.5, 0.6) is 0 Å². The summed E-state index contributed by atoms with van der Waals surface area (Å²) < 4.78 is 32.6. The smallest absolute Gasteiger partial charge is 0.434 e. The van der Waals surface area contributed by atoms with Gasteiger partial charge in [0.25, 0.3) is 19.8 Å². The Morgan fingerprint density at radius 3 is 2.56 bits per heavy atom. The molecular weight excluding hydrogens is 609 g/mol. The average molecular weight is 650 g/mol. The number of ether oxygens (including phenoxy) is 3. The molecule has 1 aliphatic heterocycles. The molecule has 2 aromatic rings. The molecule has 15 nitrogen and oxygen atoms in total. The number of hydrogen-bond donors (Lipinski definition) is 1. The van der Waals surface area contributed by atoms with Gasteiger partial charge in [-0.3, -0.25) is 24.5 Å². The number of nitrogens with zero attached hydrogens (tertiary/aromatic N) is 4. The molecule has 0 spiro atoms. The first-order valence-electron chi connectivity index (χ1n) is 14.6. The molecule has 1 aromatic carbocycles. The Bertz CT molecular complexity index is 1460. The predicted octanol–water partition coefficient (Wildman–Crippen LogP) is 4.66. The van der Waals surface area contributed by atoms with Crippen molar-refractivity contribution in [2.45, 2.75) is 90.8 Å². The number of para-hydroxylation sites is 1. The maximum atomic E-state index is 12.7. The van der Waals surface area contributed by atoms with E-state index in [9.17, 15) is 24.5 Å². The molecule has 5 atom stereocenters. The molecule has 1 aliphatic rings. The number of nitriles is 1. The van der Waals surface area contributed by atoms with E-state index in [4.69, 9.17) is 28.5 Å². The van der Waals surface area contributed by atoms with E-state index in [1.54, 1.807) is 32.0 Å². The third-order valence-electron chi connectivity index (χ3n) is 7.01. The second-order valence-electron chi connectivity index (χ2n) is 11.1. The monoisotopic (exact) mass is 649 g/mol. The Kier molecular flexibility index (Phi) is 13.2. The quantitative estimate of drug-likeness (QED) is 0.0925. The number of nitro benzene ring substituents is 1. The van der Waals surface area contributed by atoms with E-state index in [0.717, 1.165) is 0 Å². The predicted molar refractivity (Wildman–Crippen MR) is 163 cm³/mol. The first-order chi connectivity index (χ1) is 21.3. The summed E-state index contributed by atoms with van der Waals surface area (Å²) in [7, 11) is -1.70. The van der Waals surface area contributed by atoms with Crippen LogP contribution < -0.4 is 11.2 Å². The largest absolute Gasteiger partial charge is 0.508 e. The molecule has 0 radical (unpaired) electrons. The Labute approximate surface area is 262 Å². The number of nitro groups is 1. The van der Waals surface area contributed by atoms with Crippen LogP contribution >= 0.6 is 8.53 Å². The highest BCUT2D eigenvalue weighted by molar-refractivity contribution is 7.44. The standard InChI is InChI=1S/C29H40N5O10P/c1-18(2)33(19(3)4)45(42-13-9-12-30)44-24-14-26(32-15-20(5)27(35)31-28(32)36)43-25(24)17-41-29(37)40-16-21(6)22-10-7-8-11-23(22)34(38)39/h7-8,10-11,15,18-19,21,24-26H,9,13-14,16-17H2,1-6H3,(H,31,35,36)/t21-,24+,25-,26-,45?/m1/s1. The third kappa shape index (κ3) is 9.66. The zero-order chi connectivity index (χ0) is 33.3. The fourth-order valence-corrected chi connectivity index (χ4v) is 6.65. The average Bonchev–Trinajstić information content (AvgIpc) is 3.38. The van der Waals surface area contributed by atoms with Crippen LogP contribution in [0.4, 0.5) is 10.5 Å². The van der Waals surface area contributed by atoms with E-state index in [2.05, 4.69) is 11.1 Å². The van der Waals surface area contributed by atoms with Crippen molar-refractivity contribution in [2.75, 3.05) is 19.8 Å². The molecule has 2 heterocycles. The van der Waals surface area contributed by atoms with Gasteiger partial charge < -0.3 is 23.3 Å². The zero-order valence-corrected chi connectivity index (χ0v) is 27.1. The molecular formula is C29H40N5O10P. The number of H-pyrrole nitrogens is 1. The van der Waals surface area contributed by atoms with E-state index in [1.807, 2.05) is 32.4 Å². The van der Waals surface area contributed by atoms with Crippen LogP contribution in [-0.4, -0.2) is 69.4 Å². The fourth-order valence-electron chi connectivity index (χ4n) is 4.89. The number of benzene rings is 1. The minimum absolute atomic E-state index is 0.0212. The molecule has 16 heteroatoms. The SMILES string of the molecule is Cc1cn([C@H]2C[C@H](OP(OCCC#N)N(C(C)C)C(C)C)[C@@H](COC(=O)OC[C@@H](C)c3ccccc3[N+](=O)[O-])O2)c(=O)[nH]c1=O. The number of carbonyl (C=O) groups excluding carboxylic acids is 1. The summed E-state index contributed by atoms with van der Waals surface area (Å²) >= 11 is 0. The van der Waals surface area contributed by atoms with Gasteiger partial charge in [-0.15, -0.1) is 0 Å². The number of aromatic nitrogens is 2. The summed E-state index contributed by atoms with van der Waals surface area (Å²) in [4.78, 5) is 50.4. The van der Waals surface area contributed by atoms with Crippen LogP contribution in [0.15, 0.2) is 40.1 Å². The molecule has 1 aromatic heterocycles. The van der Waals surface area contributed by atoms with Crippen LogP contribution in [0, 0.1) is 28.4 Å². The summed E-state index contributed by atoms with van der Waals surface area (Å²) in [5.41, 5.74) is -0.543. The second kappa shape index (κ2) is 16.6. The molecule has 0 aliphatic carbocycles. The third-order valence-corrected chi connectivity index (χ3v) is 9.16. The van der Waals surface area contributed by atoms with Gasteiger partial charge in [-0.1, -0.05) is 25.1 Å². The summed E-state index contributed by atoms with van der Waals surface area (Å²) in [6.07, 6.45) is -1.74. The molecule has 0 bridgehead atoms. The van der Waals surface area contributed by atoms with E-state index < -0.39 is 55.2 Å². The second-order valence-corrected chi connectivity index (χ2v) is 12.5. The lowest BCUT2D eigenvalue weighted by Gasteiger charge is -2.37. The van der Waals surface area contributed by atoms with E-state index in [-0.39, 0.29) is 50.4 Å². The molecule has 0 saturated carbocycles. The van der Waals surface area contributed by atoms with Gasteiger partial charge in [0.05, 0.1) is 30.1 Å². The van der Waals surface area contributed by atoms with Crippen LogP contribution in [0.3, 0.4) is 0 Å². The van der Waals surface area contributed by atoms with Crippen molar-refractivity contribution in [1.82, 2.24) is 14.2 Å². The van der Waals surface area contributed by atoms with Crippen LogP contribution in [0.2, 0.25) is 0 Å². The molecule has 1 unspecified atom stereocenters. The van der Waals surface area contributed by atoms with Crippen LogP contribution in [-0.2, 0) is 23.3 Å². The highest BCUT2D eigenvalue weighted by atomic mass is 31.2. The Balaban J connectivity index is 1.78. The summed E-state index contributed by atoms with van der Waals surface area (Å²) in [5, 5.41) is 20.4. The van der Waals surface area contributed by atoms with Gasteiger partial charge in [-0.25, -0.2) is 14.3 Å². The minimum Gasteiger partial charge on any atom is -0.434 e. The molecule has 0 amide bonds. The van der Waals surface area contributed by atoms with Gasteiger partial charge in [-0.05, 0) is 34.6 Å². The minimum atomic E-state index is -1.70. The fraction of sp³-hybridized carbons (Fsp3) is 0.586. The maximum absolute atomic E-state index is 12.7. The normalized spacial score (nSPS) is 19.4. The van der Waals surface area contributed by atoms with Gasteiger partial charge >= 0.3 is 11.8 Å². The zero-order valence-electron chi connectivity index (χ0n) is 26.2. The Morgan fingerprint density at radius 2 is 1.91 bits per heavy atom. The first kappa shape index (κ1) is 35.8. The van der Waals surface area contributed by atoms with Crippen molar-refractivity contribution in [1.29, 1.82) is 5.26 Å². The van der Waals surface area contributed by atoms with E-state index in [1.165, 1.54) is 16.8 Å². The summed E-state index contributed by atoms with van der Waals surface area (Å²) in [6.45, 7) is 10.9. The first-order valence-corrected chi connectivity index (χ1v) is 15.7. The topological polar surface area (TPSA) is 188 Å². The maximum Gasteiger partial charge on any atom is 0.508 e. The number of carbonyl (C=O) groups is 1. The molecule has 45 heavy (non-hydrogen) atoms. The van der Waals surface area contributed by atoms with E-state index >= 15 is 0 Å². The van der Waals surface area contributed by atoms with Crippen molar-refractivity contribution in [3.8, 4) is 6.07 Å². The van der Waals surface area contributed by atoms with Crippen LogP contribution in [0.1, 0.15) is 70.7 Å². The summed E-state index contributed by atoms with van der Waals surface area (Å²) in [5.74, 6) is -0.482. The number of aryl methyl sites for hydroxylation is 1. The van der Waals surface area contributed by atoms with Crippen molar-refractivity contribution in [3.05, 3.63) is 72.5 Å². The van der Waals surface area contributed by atoms with Crippen molar-refractivity contribution in [2.24, 2.45) is 0 Å². The van der Waals surface area contributed by atoms with Gasteiger partial charge in [-0.2, -0.15) is 5.26 Å². The molecule has 3 rings (SSSR count). The van der Waals surface area contributed by atoms with Gasteiger partial charge in [0.15, 0.2) is 0 Å². The molecule has 1 saturated heterocycles. The van der Waals surface area contributed by atoms with Crippen molar-refractivity contribution >= 4 is 20.4 Å². The lowest BCUT2D eigenvalue weighted by Crippen LogP contribution is -2.37. The molecule has 1 fully saturated rings. The van der Waals surface area contributed by atoms with E-state index in [0.29, 0.717) is 11.1 Å². The van der Waals surface area contributed by atoms with Gasteiger partial charge in [0.2, 0.25) is 0 Å². The van der Waals surface area contributed by atoms with Crippen molar-refractivity contribution < 1.29 is 33.0 Å². The highest BCUT2D eigenvalue weighted by Crippen LogP contribution is 2.50. The lowest BCUT2D eigenvalue weighted by atomic mass is 10.0. The lowest BCUT2D eigenvalue weighted by molar-refractivity contribution is -0.385. The number of hydrogen-bond acceptors (Lipinski definition) is 12. The molecule has 1 N–H and O–H groups in total. The van der Waals surface area contributed by atoms with Crippen molar-refractivity contribution in [3.63, 3.8) is 0 Å². The Morgan fingerprint density at radius 1 is 1.22 bits per heavy atom. The number of aromatic amines is 1. The Hall–Kier alpha value is -3.67. The van der Waals surface area contributed by atoms with Gasteiger partial charge in [0.1, 0.15) is 25.5 Å².